The number of hydrogen-bond donors (Lipinski definition) is 2. The third-order valence-electron chi connectivity index (χ3n) is 2.97. The van der Waals surface area contributed by atoms with Gasteiger partial charge in [-0.05, 0) is 12.5 Å². The Morgan fingerprint density at radius 3 is 2.44 bits per heavy atom. The van der Waals surface area contributed by atoms with E-state index >= 15 is 0 Å². The molecule has 0 aromatic heterocycles. The van der Waals surface area contributed by atoms with E-state index in [1.807, 2.05) is 6.07 Å². The van der Waals surface area contributed by atoms with Crippen LogP contribution in [-0.4, -0.2) is 33.5 Å². The van der Waals surface area contributed by atoms with Crippen LogP contribution < -0.4 is 0 Å². The Morgan fingerprint density at radius 1 is 1.33 bits per heavy atom. The van der Waals surface area contributed by atoms with E-state index in [9.17, 15) is 14.7 Å². The third kappa shape index (κ3) is 1.73. The molecule has 0 fully saturated rings. The van der Waals surface area contributed by atoms with Crippen molar-refractivity contribution in [3.05, 3.63) is 47.2 Å². The minimum absolute atomic E-state index is 0.333. The molecular formula is C13H13NO4. The summed E-state index contributed by atoms with van der Waals surface area (Å²) in [5.41, 5.74) is 0.159. The fraction of sp³-hybridized carbons (Fsp3) is 0.231. The molecule has 5 nitrogen and oxygen atoms in total. The summed E-state index contributed by atoms with van der Waals surface area (Å²) in [6.07, 6.45) is 0. The highest BCUT2D eigenvalue weighted by Crippen LogP contribution is 2.35. The van der Waals surface area contributed by atoms with Gasteiger partial charge < -0.3 is 15.1 Å². The lowest BCUT2D eigenvalue weighted by molar-refractivity contribution is -0.136. The molecule has 18 heavy (non-hydrogen) atoms. The van der Waals surface area contributed by atoms with E-state index in [1.54, 1.807) is 31.2 Å². The number of hydrogen-bond acceptors (Lipinski definition) is 3. The second-order valence-electron chi connectivity index (χ2n) is 3.97. The molecule has 0 saturated carbocycles. The predicted molar refractivity (Wildman–Crippen MR) is 63.9 cm³/mol. The summed E-state index contributed by atoms with van der Waals surface area (Å²) in [7, 11) is 0. The van der Waals surface area contributed by atoms with Crippen molar-refractivity contribution in [2.75, 3.05) is 6.54 Å². The van der Waals surface area contributed by atoms with Crippen LogP contribution in [0.15, 0.2) is 41.7 Å². The number of benzene rings is 1. The zero-order chi connectivity index (χ0) is 13.3. The quantitative estimate of drug-likeness (QED) is 0.793. The summed E-state index contributed by atoms with van der Waals surface area (Å²) in [5, 5.41) is 18.9. The van der Waals surface area contributed by atoms with E-state index in [2.05, 4.69) is 0 Å². The van der Waals surface area contributed by atoms with Crippen LogP contribution >= 0.6 is 0 Å². The average Bonchev–Trinajstić information content (AvgIpc) is 2.61. The number of aliphatic hydroxyl groups excluding tert-OH is 1. The summed E-state index contributed by atoms with van der Waals surface area (Å²) in [5.74, 6) is -2.42. The first-order valence-electron chi connectivity index (χ1n) is 5.60. The van der Waals surface area contributed by atoms with Gasteiger partial charge in [0.15, 0.2) is 5.57 Å². The summed E-state index contributed by atoms with van der Waals surface area (Å²) >= 11 is 0. The van der Waals surface area contributed by atoms with Crippen LogP contribution in [0, 0.1) is 0 Å². The minimum Gasteiger partial charge on any atom is -0.509 e. The van der Waals surface area contributed by atoms with Gasteiger partial charge in [-0.25, -0.2) is 4.79 Å². The average molecular weight is 247 g/mol. The van der Waals surface area contributed by atoms with Gasteiger partial charge in [-0.15, -0.1) is 0 Å². The number of aliphatic hydroxyl groups is 1. The van der Waals surface area contributed by atoms with Crippen molar-refractivity contribution in [2.45, 2.75) is 13.0 Å². The van der Waals surface area contributed by atoms with Crippen molar-refractivity contribution in [1.82, 2.24) is 4.90 Å². The maximum atomic E-state index is 11.9. The molecular weight excluding hydrogens is 234 g/mol. The van der Waals surface area contributed by atoms with E-state index < -0.39 is 23.5 Å². The van der Waals surface area contributed by atoms with Crippen molar-refractivity contribution in [3.63, 3.8) is 0 Å². The normalized spacial score (nSPS) is 19.5. The number of carboxylic acids is 1. The van der Waals surface area contributed by atoms with Gasteiger partial charge in [0.1, 0.15) is 11.8 Å². The molecule has 1 aliphatic heterocycles. The maximum Gasteiger partial charge on any atom is 0.344 e. The smallest absolute Gasteiger partial charge is 0.344 e. The lowest BCUT2D eigenvalue weighted by atomic mass is 10.0. The number of carboxylic acid groups (broad SMARTS) is 1. The number of nitrogens with zero attached hydrogens (tertiary/aromatic N) is 1. The van der Waals surface area contributed by atoms with Crippen molar-refractivity contribution in [3.8, 4) is 0 Å². The van der Waals surface area contributed by atoms with E-state index in [-0.39, 0.29) is 5.76 Å². The van der Waals surface area contributed by atoms with Crippen LogP contribution in [0.25, 0.3) is 0 Å². The first kappa shape index (κ1) is 12.2. The molecule has 0 saturated heterocycles. The molecule has 94 valence electrons. The predicted octanol–water partition coefficient (Wildman–Crippen LogP) is 1.49. The second-order valence-corrected chi connectivity index (χ2v) is 3.97. The molecule has 2 rings (SSSR count). The van der Waals surface area contributed by atoms with E-state index in [0.717, 1.165) is 0 Å². The Balaban J connectivity index is 2.52. The van der Waals surface area contributed by atoms with E-state index in [0.29, 0.717) is 12.1 Å². The van der Waals surface area contributed by atoms with Gasteiger partial charge in [0.05, 0.1) is 0 Å². The van der Waals surface area contributed by atoms with Gasteiger partial charge in [-0.3, -0.25) is 4.79 Å². The second kappa shape index (κ2) is 4.52. The first-order valence-corrected chi connectivity index (χ1v) is 5.60. The van der Waals surface area contributed by atoms with Crippen LogP contribution in [0.5, 0.6) is 0 Å². The van der Waals surface area contributed by atoms with Gasteiger partial charge in [-0.1, -0.05) is 30.3 Å². The molecule has 0 aliphatic carbocycles. The highest BCUT2D eigenvalue weighted by molar-refractivity contribution is 6.18. The summed E-state index contributed by atoms with van der Waals surface area (Å²) in [6, 6.07) is 8.17. The lowest BCUT2D eigenvalue weighted by Crippen LogP contribution is -2.31. The standard InChI is InChI=1S/C13H13NO4/c1-2-14-10(8-6-4-3-5-7-8)11(15)9(12(14)16)13(17)18/h3-7,10,15H,2H2,1H3,(H,17,18). The first-order chi connectivity index (χ1) is 8.57. The molecule has 1 unspecified atom stereocenters. The Bertz CT molecular complexity index is 521. The molecule has 1 aliphatic rings. The molecule has 1 aromatic carbocycles. The maximum absolute atomic E-state index is 11.9. The number of carbonyl (C=O) groups is 2. The summed E-state index contributed by atoms with van der Waals surface area (Å²) < 4.78 is 0. The zero-order valence-electron chi connectivity index (χ0n) is 9.83. The Hall–Kier alpha value is -2.30. The number of carbonyl (C=O) groups excluding carboxylic acids is 1. The Morgan fingerprint density at radius 2 is 1.94 bits per heavy atom. The zero-order valence-corrected chi connectivity index (χ0v) is 9.83. The Labute approximate surface area is 104 Å². The number of likely N-dealkylation sites (N-methyl/N-ethyl adjacent to an activating group) is 1. The molecule has 0 bridgehead atoms. The summed E-state index contributed by atoms with van der Waals surface area (Å²) in [6.45, 7) is 2.07. The molecule has 1 heterocycles. The minimum atomic E-state index is -1.39. The molecule has 2 N–H and O–H groups in total. The van der Waals surface area contributed by atoms with Crippen molar-refractivity contribution in [2.24, 2.45) is 0 Å². The molecule has 5 heteroatoms. The van der Waals surface area contributed by atoms with Gasteiger partial charge in [-0.2, -0.15) is 0 Å². The van der Waals surface area contributed by atoms with Gasteiger partial charge in [0, 0.05) is 6.54 Å². The third-order valence-corrected chi connectivity index (χ3v) is 2.97. The van der Waals surface area contributed by atoms with E-state index in [1.165, 1.54) is 4.90 Å². The van der Waals surface area contributed by atoms with Gasteiger partial charge in [0.25, 0.3) is 5.91 Å². The molecule has 0 spiro atoms. The van der Waals surface area contributed by atoms with Crippen LogP contribution in [0.4, 0.5) is 0 Å². The van der Waals surface area contributed by atoms with Crippen LogP contribution in [-0.2, 0) is 9.59 Å². The van der Waals surface area contributed by atoms with Crippen molar-refractivity contribution < 1.29 is 19.8 Å². The summed E-state index contributed by atoms with van der Waals surface area (Å²) in [4.78, 5) is 24.2. The number of aliphatic carboxylic acids is 1. The largest absolute Gasteiger partial charge is 0.509 e. The SMILES string of the molecule is CCN1C(=O)C(C(=O)O)=C(O)C1c1ccccc1. The fourth-order valence-electron chi connectivity index (χ4n) is 2.16. The van der Waals surface area contributed by atoms with Crippen LogP contribution in [0.2, 0.25) is 0 Å². The lowest BCUT2D eigenvalue weighted by Gasteiger charge is -2.23. The van der Waals surface area contributed by atoms with Crippen molar-refractivity contribution in [1.29, 1.82) is 0 Å². The molecule has 1 aromatic rings. The topological polar surface area (TPSA) is 77.8 Å². The highest BCUT2D eigenvalue weighted by atomic mass is 16.4. The molecule has 0 radical (unpaired) electrons. The van der Waals surface area contributed by atoms with Crippen LogP contribution in [0.3, 0.4) is 0 Å². The number of amides is 1. The number of rotatable bonds is 3. The van der Waals surface area contributed by atoms with Crippen LogP contribution in [0.1, 0.15) is 18.5 Å². The highest BCUT2D eigenvalue weighted by Gasteiger charge is 2.42. The van der Waals surface area contributed by atoms with E-state index in [4.69, 9.17) is 5.11 Å². The molecule has 1 amide bonds. The fourth-order valence-corrected chi connectivity index (χ4v) is 2.16. The Kier molecular flexibility index (Phi) is 3.06. The molecule has 1 atom stereocenters. The monoisotopic (exact) mass is 247 g/mol. The van der Waals surface area contributed by atoms with Gasteiger partial charge >= 0.3 is 5.97 Å². The van der Waals surface area contributed by atoms with Gasteiger partial charge in [0.2, 0.25) is 0 Å². The van der Waals surface area contributed by atoms with Crippen molar-refractivity contribution >= 4 is 11.9 Å².